The zero-order valence-corrected chi connectivity index (χ0v) is 17.2. The molecule has 9 heteroatoms. The summed E-state index contributed by atoms with van der Waals surface area (Å²) in [7, 11) is -3.97. The van der Waals surface area contributed by atoms with Crippen molar-refractivity contribution in [2.45, 2.75) is 48.5 Å². The number of hydrogen-bond acceptors (Lipinski definition) is 5. The average Bonchev–Trinajstić information content (AvgIpc) is 3.00. The van der Waals surface area contributed by atoms with Crippen molar-refractivity contribution < 1.29 is 26.7 Å². The lowest BCUT2D eigenvalue weighted by Crippen LogP contribution is -2.18. The van der Waals surface area contributed by atoms with Gasteiger partial charge in [-0.1, -0.05) is 0 Å². The maximum atomic E-state index is 14.6. The molecule has 31 heavy (non-hydrogen) atoms. The van der Waals surface area contributed by atoms with E-state index in [9.17, 15) is 37.2 Å². The van der Waals surface area contributed by atoms with Crippen LogP contribution in [-0.2, 0) is 16.3 Å². The van der Waals surface area contributed by atoms with Crippen molar-refractivity contribution >= 4 is 9.84 Å². The molecule has 0 amide bonds. The van der Waals surface area contributed by atoms with Gasteiger partial charge in [0.15, 0.2) is 9.84 Å². The van der Waals surface area contributed by atoms with E-state index in [1.54, 1.807) is 6.07 Å². The van der Waals surface area contributed by atoms with Gasteiger partial charge in [0, 0.05) is 24.2 Å². The van der Waals surface area contributed by atoms with E-state index in [1.807, 2.05) is 6.07 Å². The number of alkyl halides is 2. The molecule has 0 saturated heterocycles. The minimum Gasteiger partial charge on any atom is -0.385 e. The highest BCUT2D eigenvalue weighted by atomic mass is 32.2. The predicted molar refractivity (Wildman–Crippen MR) is 104 cm³/mol. The number of rotatable bonds is 2. The Balaban J connectivity index is 2.07. The summed E-state index contributed by atoms with van der Waals surface area (Å²) >= 11 is 0. The van der Waals surface area contributed by atoms with Gasteiger partial charge in [-0.15, -0.1) is 0 Å². The monoisotopic (exact) mass is 446 g/mol. The molecule has 5 nitrogen and oxygen atoms in total. The van der Waals surface area contributed by atoms with Crippen molar-refractivity contribution in [3.63, 3.8) is 0 Å². The summed E-state index contributed by atoms with van der Waals surface area (Å²) < 4.78 is 67.8. The minimum absolute atomic E-state index is 0.0120. The second-order valence-corrected chi connectivity index (χ2v) is 9.90. The van der Waals surface area contributed by atoms with Crippen molar-refractivity contribution in [1.29, 1.82) is 10.5 Å². The highest BCUT2D eigenvalue weighted by Crippen LogP contribution is 2.50. The summed E-state index contributed by atoms with van der Waals surface area (Å²) in [5.41, 5.74) is 0.371. The van der Waals surface area contributed by atoms with Crippen LogP contribution in [-0.4, -0.2) is 26.0 Å². The zero-order valence-electron chi connectivity index (χ0n) is 16.4. The molecular formula is C22H17F3N2O3S. The molecule has 0 aliphatic heterocycles. The summed E-state index contributed by atoms with van der Waals surface area (Å²) in [5.74, 6) is -1.43. The molecule has 160 valence electrons. The smallest absolute Gasteiger partial charge is 0.177 e. The van der Waals surface area contributed by atoms with Crippen molar-refractivity contribution in [3.05, 3.63) is 63.0 Å². The Morgan fingerprint density at radius 2 is 1.71 bits per heavy atom. The molecule has 4 rings (SSSR count). The molecule has 0 saturated carbocycles. The van der Waals surface area contributed by atoms with Crippen LogP contribution in [0, 0.1) is 28.5 Å². The summed E-state index contributed by atoms with van der Waals surface area (Å²) in [6, 6.07) is 7.01. The van der Waals surface area contributed by atoms with Crippen molar-refractivity contribution in [2.24, 2.45) is 0 Å². The normalized spacial score (nSPS) is 24.7. The van der Waals surface area contributed by atoms with Crippen LogP contribution in [0.1, 0.15) is 70.0 Å². The van der Waals surface area contributed by atoms with E-state index in [0.29, 0.717) is 5.56 Å². The Hall–Kier alpha value is -2.88. The number of hydrogen-bond donors (Lipinski definition) is 1. The quantitative estimate of drug-likeness (QED) is 0.755. The largest absolute Gasteiger partial charge is 0.385 e. The maximum absolute atomic E-state index is 14.6. The Bertz CT molecular complexity index is 1290. The van der Waals surface area contributed by atoms with Gasteiger partial charge in [-0.05, 0) is 53.3 Å². The van der Waals surface area contributed by atoms with E-state index in [-0.39, 0.29) is 52.6 Å². The van der Waals surface area contributed by atoms with Gasteiger partial charge < -0.3 is 5.11 Å². The second-order valence-electron chi connectivity index (χ2n) is 7.95. The summed E-state index contributed by atoms with van der Waals surface area (Å²) in [6.07, 6.45) is -4.20. The first-order valence-corrected chi connectivity index (χ1v) is 11.5. The Kier molecular flexibility index (Phi) is 5.07. The molecule has 0 bridgehead atoms. The summed E-state index contributed by atoms with van der Waals surface area (Å²) in [6.45, 7) is 0. The van der Waals surface area contributed by atoms with E-state index >= 15 is 0 Å². The number of nitriles is 2. The van der Waals surface area contributed by atoms with Crippen LogP contribution < -0.4 is 0 Å². The number of fused-ring (bicyclic) bond motifs is 2. The lowest BCUT2D eigenvalue weighted by molar-refractivity contribution is 0.0907. The number of halogens is 3. The fourth-order valence-electron chi connectivity index (χ4n) is 4.87. The van der Waals surface area contributed by atoms with E-state index < -0.39 is 44.9 Å². The van der Waals surface area contributed by atoms with Crippen LogP contribution in [0.5, 0.6) is 0 Å². The van der Waals surface area contributed by atoms with Gasteiger partial charge in [0.2, 0.25) is 0 Å². The molecule has 0 radical (unpaired) electrons. The molecule has 2 aromatic rings. The highest BCUT2D eigenvalue weighted by molar-refractivity contribution is 7.90. The maximum Gasteiger partial charge on any atom is 0.177 e. The lowest BCUT2D eigenvalue weighted by atomic mass is 9.74. The number of aliphatic hydroxyl groups is 1. The Morgan fingerprint density at radius 1 is 1.03 bits per heavy atom. The average molecular weight is 446 g/mol. The van der Waals surface area contributed by atoms with Gasteiger partial charge in [0.1, 0.15) is 30.3 Å². The van der Waals surface area contributed by atoms with Crippen LogP contribution in [0.15, 0.2) is 23.1 Å². The van der Waals surface area contributed by atoms with Gasteiger partial charge in [-0.25, -0.2) is 21.6 Å². The number of benzene rings is 2. The number of sulfone groups is 1. The molecule has 4 atom stereocenters. The SMILES string of the molecule is CS(=O)(=O)c1c(C#N)cc([C@H]2CC[C@H](F)c3cc(F)cc(C#N)c32)c2c1[C@H](O)[C@H](F)C2. The summed E-state index contributed by atoms with van der Waals surface area (Å²) in [4.78, 5) is -0.416. The molecule has 0 spiro atoms. The van der Waals surface area contributed by atoms with Gasteiger partial charge >= 0.3 is 0 Å². The molecular weight excluding hydrogens is 429 g/mol. The molecule has 0 unspecified atom stereocenters. The van der Waals surface area contributed by atoms with E-state index in [0.717, 1.165) is 18.4 Å². The van der Waals surface area contributed by atoms with Crippen LogP contribution in [0.25, 0.3) is 0 Å². The second kappa shape index (κ2) is 7.37. The van der Waals surface area contributed by atoms with Crippen LogP contribution in [0.4, 0.5) is 13.2 Å². The van der Waals surface area contributed by atoms with Crippen LogP contribution >= 0.6 is 0 Å². The Morgan fingerprint density at radius 3 is 2.32 bits per heavy atom. The topological polar surface area (TPSA) is 102 Å². The third-order valence-electron chi connectivity index (χ3n) is 6.06. The van der Waals surface area contributed by atoms with E-state index in [1.165, 1.54) is 6.07 Å². The van der Waals surface area contributed by atoms with Gasteiger partial charge in [-0.2, -0.15) is 10.5 Å². The van der Waals surface area contributed by atoms with Gasteiger partial charge in [-0.3, -0.25) is 0 Å². The number of nitrogens with zero attached hydrogens (tertiary/aromatic N) is 2. The highest BCUT2D eigenvalue weighted by Gasteiger charge is 2.42. The molecule has 2 aliphatic rings. The zero-order chi connectivity index (χ0) is 22.7. The van der Waals surface area contributed by atoms with Crippen molar-refractivity contribution in [1.82, 2.24) is 0 Å². The first kappa shape index (κ1) is 21.4. The lowest BCUT2D eigenvalue weighted by Gasteiger charge is -2.31. The first-order chi connectivity index (χ1) is 14.6. The summed E-state index contributed by atoms with van der Waals surface area (Å²) in [5, 5.41) is 29.5. The molecule has 2 aromatic carbocycles. The third kappa shape index (κ3) is 3.29. The Labute approximate surface area is 177 Å². The van der Waals surface area contributed by atoms with E-state index in [2.05, 4.69) is 0 Å². The number of aliphatic hydroxyl groups excluding tert-OH is 1. The molecule has 0 aromatic heterocycles. The standard InChI is InChI=1S/C22H17F3N2O3S/c1-31(29,30)22-11(9-27)5-14(15-7-18(25)21(28)20(15)22)13-2-3-17(24)16-6-12(23)4-10(8-26)19(13)16/h4-6,13,17-18,21,28H,2-3,7H2,1H3/t13-,17+,18-,21-/m1/s1. The molecule has 1 N–H and O–H groups in total. The van der Waals surface area contributed by atoms with Crippen LogP contribution in [0.2, 0.25) is 0 Å². The van der Waals surface area contributed by atoms with Gasteiger partial charge in [0.25, 0.3) is 0 Å². The molecule has 0 fully saturated rings. The molecule has 0 heterocycles. The minimum atomic E-state index is -3.97. The fraction of sp³-hybridized carbons (Fsp3) is 0.364. The first-order valence-electron chi connectivity index (χ1n) is 9.57. The third-order valence-corrected chi connectivity index (χ3v) is 7.24. The van der Waals surface area contributed by atoms with Gasteiger partial charge in [0.05, 0.1) is 22.1 Å². The fourth-order valence-corrected chi connectivity index (χ4v) is 6.02. The van der Waals surface area contributed by atoms with E-state index in [4.69, 9.17) is 0 Å². The molecule has 2 aliphatic carbocycles. The van der Waals surface area contributed by atoms with Crippen molar-refractivity contribution in [2.75, 3.05) is 6.26 Å². The predicted octanol–water partition coefficient (Wildman–Crippen LogP) is 3.84. The van der Waals surface area contributed by atoms with Crippen LogP contribution in [0.3, 0.4) is 0 Å². The van der Waals surface area contributed by atoms with Crippen molar-refractivity contribution in [3.8, 4) is 12.1 Å².